The van der Waals surface area contributed by atoms with Crippen LogP contribution in [0, 0.1) is 5.41 Å². The van der Waals surface area contributed by atoms with Crippen molar-refractivity contribution < 1.29 is 4.79 Å². The Morgan fingerprint density at radius 1 is 1.50 bits per heavy atom. The second kappa shape index (κ2) is 6.35. The largest absolute Gasteiger partial charge is 0.392 e. The predicted molar refractivity (Wildman–Crippen MR) is 82.2 cm³/mol. The van der Waals surface area contributed by atoms with E-state index in [1.807, 2.05) is 19.4 Å². The first kappa shape index (κ1) is 15.0. The quantitative estimate of drug-likeness (QED) is 0.803. The predicted octanol–water partition coefficient (Wildman–Crippen LogP) is 1.32. The van der Waals surface area contributed by atoms with Crippen LogP contribution in [0.1, 0.15) is 37.7 Å². The van der Waals surface area contributed by atoms with E-state index in [4.69, 9.17) is 18.0 Å². The highest BCUT2D eigenvalue weighted by atomic mass is 32.1. The molecule has 0 saturated heterocycles. The molecule has 3 N–H and O–H groups in total. The van der Waals surface area contributed by atoms with Crippen LogP contribution in [0.5, 0.6) is 0 Å². The number of hydrogen-bond acceptors (Lipinski definition) is 3. The third-order valence-corrected chi connectivity index (χ3v) is 4.46. The van der Waals surface area contributed by atoms with Crippen LogP contribution in [0.3, 0.4) is 0 Å². The van der Waals surface area contributed by atoms with Crippen molar-refractivity contribution in [2.75, 3.05) is 6.54 Å². The number of nitrogens with one attached hydrogen (secondary N) is 1. The molecule has 20 heavy (non-hydrogen) atoms. The first-order valence-electron chi connectivity index (χ1n) is 7.10. The Morgan fingerprint density at radius 2 is 2.20 bits per heavy atom. The number of aryl methyl sites for hydroxylation is 1. The zero-order chi connectivity index (χ0) is 14.6. The van der Waals surface area contributed by atoms with Gasteiger partial charge in [0.25, 0.3) is 0 Å². The van der Waals surface area contributed by atoms with Crippen LogP contribution in [0.25, 0.3) is 0 Å². The van der Waals surface area contributed by atoms with Gasteiger partial charge in [0, 0.05) is 19.8 Å². The number of nitrogens with two attached hydrogens (primary N) is 1. The lowest BCUT2D eigenvalue weighted by Crippen LogP contribution is -2.50. The summed E-state index contributed by atoms with van der Waals surface area (Å²) in [5, 5.41) is 7.10. The van der Waals surface area contributed by atoms with Crippen LogP contribution < -0.4 is 11.1 Å². The highest BCUT2D eigenvalue weighted by molar-refractivity contribution is 7.80. The van der Waals surface area contributed by atoms with Crippen molar-refractivity contribution in [1.29, 1.82) is 0 Å². The summed E-state index contributed by atoms with van der Waals surface area (Å²) < 4.78 is 1.76. The molecular weight excluding hydrogens is 272 g/mol. The van der Waals surface area contributed by atoms with Gasteiger partial charge in [-0.05, 0) is 24.8 Å². The molecule has 1 aliphatic carbocycles. The smallest absolute Gasteiger partial charge is 0.233 e. The Bertz CT molecular complexity index is 491. The first-order chi connectivity index (χ1) is 9.54. The molecule has 0 atom stereocenters. The van der Waals surface area contributed by atoms with E-state index in [0.29, 0.717) is 11.5 Å². The summed E-state index contributed by atoms with van der Waals surface area (Å²) in [6.07, 6.45) is 9.30. The van der Waals surface area contributed by atoms with E-state index in [1.165, 1.54) is 0 Å². The number of hydrogen-bond donors (Lipinski definition) is 2. The van der Waals surface area contributed by atoms with Crippen molar-refractivity contribution in [2.45, 2.75) is 38.5 Å². The topological polar surface area (TPSA) is 72.9 Å². The molecule has 2 rings (SSSR count). The number of nitrogens with zero attached hydrogens (tertiary/aromatic N) is 2. The van der Waals surface area contributed by atoms with E-state index in [9.17, 15) is 4.79 Å². The van der Waals surface area contributed by atoms with Gasteiger partial charge in [-0.15, -0.1) is 0 Å². The van der Waals surface area contributed by atoms with Crippen LogP contribution in [0.4, 0.5) is 0 Å². The Kier molecular flexibility index (Phi) is 4.75. The summed E-state index contributed by atoms with van der Waals surface area (Å²) in [4.78, 5) is 12.8. The van der Waals surface area contributed by atoms with Gasteiger partial charge >= 0.3 is 0 Å². The summed E-state index contributed by atoms with van der Waals surface area (Å²) in [6, 6.07) is 0. The SMILES string of the molecule is Cn1cc(CCNC(=O)C2(C(N)=S)CCCCC2)cn1. The lowest BCUT2D eigenvalue weighted by molar-refractivity contribution is -0.128. The molecule has 1 aromatic rings. The summed E-state index contributed by atoms with van der Waals surface area (Å²) in [6.45, 7) is 0.592. The maximum Gasteiger partial charge on any atom is 0.233 e. The first-order valence-corrected chi connectivity index (χ1v) is 7.51. The molecule has 0 unspecified atom stereocenters. The molecule has 1 amide bonds. The van der Waals surface area contributed by atoms with Crippen molar-refractivity contribution in [3.05, 3.63) is 18.0 Å². The second-order valence-corrected chi connectivity index (χ2v) is 5.97. The third-order valence-electron chi connectivity index (χ3n) is 4.07. The normalized spacial score (nSPS) is 17.6. The van der Waals surface area contributed by atoms with Gasteiger partial charge in [0.05, 0.1) is 16.6 Å². The summed E-state index contributed by atoms with van der Waals surface area (Å²) in [7, 11) is 1.88. The minimum atomic E-state index is -0.622. The monoisotopic (exact) mass is 294 g/mol. The van der Waals surface area contributed by atoms with Crippen LogP contribution in [-0.2, 0) is 18.3 Å². The van der Waals surface area contributed by atoms with E-state index in [2.05, 4.69) is 10.4 Å². The molecule has 0 bridgehead atoms. The highest BCUT2D eigenvalue weighted by Crippen LogP contribution is 2.36. The Labute approximate surface area is 124 Å². The van der Waals surface area contributed by atoms with Gasteiger partial charge in [-0.25, -0.2) is 0 Å². The van der Waals surface area contributed by atoms with Gasteiger partial charge in [-0.2, -0.15) is 5.10 Å². The van der Waals surface area contributed by atoms with Crippen LogP contribution in [-0.4, -0.2) is 27.2 Å². The molecular formula is C14H22N4OS. The zero-order valence-electron chi connectivity index (χ0n) is 11.9. The average Bonchev–Trinajstić information content (AvgIpc) is 2.85. The number of aromatic nitrogens is 2. The van der Waals surface area contributed by atoms with Crippen molar-refractivity contribution >= 4 is 23.1 Å². The fourth-order valence-electron chi connectivity index (χ4n) is 2.83. The van der Waals surface area contributed by atoms with Gasteiger partial charge in [0.1, 0.15) is 0 Å². The van der Waals surface area contributed by atoms with E-state index < -0.39 is 5.41 Å². The molecule has 5 nitrogen and oxygen atoms in total. The van der Waals surface area contributed by atoms with Crippen molar-refractivity contribution in [1.82, 2.24) is 15.1 Å². The van der Waals surface area contributed by atoms with Gasteiger partial charge in [-0.3, -0.25) is 9.48 Å². The Balaban J connectivity index is 1.90. The van der Waals surface area contributed by atoms with E-state index in [1.54, 1.807) is 4.68 Å². The molecule has 1 saturated carbocycles. The third kappa shape index (κ3) is 3.17. The van der Waals surface area contributed by atoms with Crippen LogP contribution in [0.2, 0.25) is 0 Å². The molecule has 1 aromatic heterocycles. The molecule has 110 valence electrons. The molecule has 0 aliphatic heterocycles. The standard InChI is InChI=1S/C14H22N4OS/c1-18-10-11(9-17-18)5-8-16-13(19)14(12(15)20)6-3-2-4-7-14/h9-10H,2-8H2,1H3,(H2,15,20)(H,16,19). The molecule has 0 spiro atoms. The average molecular weight is 294 g/mol. The molecule has 1 aliphatic rings. The van der Waals surface area contributed by atoms with Gasteiger partial charge < -0.3 is 11.1 Å². The fraction of sp³-hybridized carbons (Fsp3) is 0.643. The molecule has 0 radical (unpaired) electrons. The molecule has 1 fully saturated rings. The number of amides is 1. The molecule has 1 heterocycles. The number of rotatable bonds is 5. The minimum absolute atomic E-state index is 0.00593. The zero-order valence-corrected chi connectivity index (χ0v) is 12.7. The van der Waals surface area contributed by atoms with Gasteiger partial charge in [-0.1, -0.05) is 31.5 Å². The van der Waals surface area contributed by atoms with Gasteiger partial charge in [0.15, 0.2) is 0 Å². The van der Waals surface area contributed by atoms with E-state index in [0.717, 1.165) is 44.1 Å². The highest BCUT2D eigenvalue weighted by Gasteiger charge is 2.42. The summed E-state index contributed by atoms with van der Waals surface area (Å²) in [5.74, 6) is -0.00593. The Morgan fingerprint density at radius 3 is 2.75 bits per heavy atom. The van der Waals surface area contributed by atoms with Crippen LogP contribution in [0.15, 0.2) is 12.4 Å². The van der Waals surface area contributed by atoms with Crippen molar-refractivity contribution in [2.24, 2.45) is 18.2 Å². The summed E-state index contributed by atoms with van der Waals surface area (Å²) >= 11 is 5.15. The van der Waals surface area contributed by atoms with Gasteiger partial charge in [0.2, 0.25) is 5.91 Å². The van der Waals surface area contributed by atoms with Crippen molar-refractivity contribution in [3.63, 3.8) is 0 Å². The number of thiocarbonyl (C=S) groups is 1. The maximum absolute atomic E-state index is 12.5. The maximum atomic E-state index is 12.5. The number of carbonyl (C=O) groups is 1. The molecule has 6 heteroatoms. The fourth-order valence-corrected chi connectivity index (χ4v) is 3.13. The molecule has 0 aromatic carbocycles. The minimum Gasteiger partial charge on any atom is -0.392 e. The van der Waals surface area contributed by atoms with E-state index in [-0.39, 0.29) is 5.91 Å². The second-order valence-electron chi connectivity index (χ2n) is 5.54. The van der Waals surface area contributed by atoms with E-state index >= 15 is 0 Å². The lowest BCUT2D eigenvalue weighted by atomic mass is 9.73. The van der Waals surface area contributed by atoms with Crippen molar-refractivity contribution in [3.8, 4) is 0 Å². The van der Waals surface area contributed by atoms with Crippen LogP contribution >= 0.6 is 12.2 Å². The number of carbonyl (C=O) groups excluding carboxylic acids is 1. The Hall–Kier alpha value is -1.43. The summed E-state index contributed by atoms with van der Waals surface area (Å²) in [5.41, 5.74) is 6.34. The lowest BCUT2D eigenvalue weighted by Gasteiger charge is -2.34.